The number of nitrogens with zero attached hydrogens (tertiary/aromatic N) is 2. The summed E-state index contributed by atoms with van der Waals surface area (Å²) < 4.78 is 0. The van der Waals surface area contributed by atoms with Gasteiger partial charge in [0.25, 0.3) is 0 Å². The van der Waals surface area contributed by atoms with Crippen LogP contribution in [0.5, 0.6) is 0 Å². The van der Waals surface area contributed by atoms with Crippen LogP contribution < -0.4 is 0 Å². The Labute approximate surface area is 92.1 Å². The van der Waals surface area contributed by atoms with Gasteiger partial charge in [-0.2, -0.15) is 0 Å². The lowest BCUT2D eigenvalue weighted by Crippen LogP contribution is -2.18. The van der Waals surface area contributed by atoms with Crippen LogP contribution in [0.4, 0.5) is 0 Å². The van der Waals surface area contributed by atoms with E-state index in [9.17, 15) is 4.79 Å². The van der Waals surface area contributed by atoms with Gasteiger partial charge in [-0.05, 0) is 31.7 Å². The molecule has 80 valence electrons. The summed E-state index contributed by atoms with van der Waals surface area (Å²) in [6.45, 7) is 1.87. The normalized spacial score (nSPS) is 17.4. The van der Waals surface area contributed by atoms with E-state index in [4.69, 9.17) is 5.11 Å². The van der Waals surface area contributed by atoms with Crippen molar-refractivity contribution in [1.82, 2.24) is 9.97 Å². The van der Waals surface area contributed by atoms with Gasteiger partial charge in [0.1, 0.15) is 5.25 Å². The number of aromatic nitrogens is 2. The minimum Gasteiger partial charge on any atom is -0.480 e. The molecule has 4 nitrogen and oxygen atoms in total. The lowest BCUT2D eigenvalue weighted by molar-refractivity contribution is -0.136. The second-order valence-electron chi connectivity index (χ2n) is 3.69. The summed E-state index contributed by atoms with van der Waals surface area (Å²) in [5, 5.41) is 9.22. The second kappa shape index (κ2) is 4.18. The van der Waals surface area contributed by atoms with Gasteiger partial charge in [0.15, 0.2) is 5.16 Å². The number of carboxylic acids is 1. The maximum atomic E-state index is 11.0. The van der Waals surface area contributed by atoms with Crippen molar-refractivity contribution in [3.8, 4) is 0 Å². The molecule has 1 N–H and O–H groups in total. The van der Waals surface area contributed by atoms with E-state index >= 15 is 0 Å². The quantitative estimate of drug-likeness (QED) is 0.623. The number of aliphatic carboxylic acids is 1. The van der Waals surface area contributed by atoms with Crippen LogP contribution in [0, 0.1) is 12.8 Å². The van der Waals surface area contributed by atoms with Gasteiger partial charge in [-0.15, -0.1) is 0 Å². The van der Waals surface area contributed by atoms with Crippen molar-refractivity contribution in [2.24, 2.45) is 5.92 Å². The molecule has 1 aromatic heterocycles. The molecule has 1 aliphatic carbocycles. The predicted molar refractivity (Wildman–Crippen MR) is 56.8 cm³/mol. The Hall–Kier alpha value is -1.10. The summed E-state index contributed by atoms with van der Waals surface area (Å²) in [6.07, 6.45) is 3.68. The fourth-order valence-electron chi connectivity index (χ4n) is 1.34. The molecule has 1 aromatic rings. The van der Waals surface area contributed by atoms with Gasteiger partial charge in [-0.3, -0.25) is 4.79 Å². The number of carboxylic acid groups (broad SMARTS) is 1. The molecule has 2 rings (SSSR count). The number of hydrogen-bond donors (Lipinski definition) is 1. The van der Waals surface area contributed by atoms with Gasteiger partial charge in [-0.1, -0.05) is 11.8 Å². The van der Waals surface area contributed by atoms with E-state index in [-0.39, 0.29) is 5.25 Å². The van der Waals surface area contributed by atoms with Crippen molar-refractivity contribution >= 4 is 17.7 Å². The van der Waals surface area contributed by atoms with Crippen molar-refractivity contribution in [2.75, 3.05) is 0 Å². The Morgan fingerprint density at radius 2 is 2.40 bits per heavy atom. The molecule has 0 spiro atoms. The zero-order valence-electron chi connectivity index (χ0n) is 8.38. The van der Waals surface area contributed by atoms with Gasteiger partial charge in [0, 0.05) is 11.9 Å². The minimum absolute atomic E-state index is 0.302. The summed E-state index contributed by atoms with van der Waals surface area (Å²) >= 11 is 1.26. The molecule has 1 atom stereocenters. The molecular formula is C10H12N2O2S. The van der Waals surface area contributed by atoms with Crippen LogP contribution in [-0.4, -0.2) is 26.3 Å². The first-order valence-corrected chi connectivity index (χ1v) is 5.74. The largest absolute Gasteiger partial charge is 0.480 e. The summed E-state index contributed by atoms with van der Waals surface area (Å²) in [6, 6.07) is 1.80. The van der Waals surface area contributed by atoms with Crippen LogP contribution in [0.15, 0.2) is 17.4 Å². The summed E-state index contributed by atoms with van der Waals surface area (Å²) in [5.74, 6) is -0.454. The van der Waals surface area contributed by atoms with E-state index in [1.165, 1.54) is 11.8 Å². The molecule has 1 heterocycles. The molecule has 0 saturated heterocycles. The first-order chi connectivity index (χ1) is 7.16. The Kier molecular flexibility index (Phi) is 2.90. The Morgan fingerprint density at radius 3 is 2.93 bits per heavy atom. The van der Waals surface area contributed by atoms with Crippen LogP contribution in [0.3, 0.4) is 0 Å². The predicted octanol–water partition coefficient (Wildman–Crippen LogP) is 1.74. The number of aryl methyl sites for hydroxylation is 1. The summed E-state index contributed by atoms with van der Waals surface area (Å²) in [7, 11) is 0. The zero-order chi connectivity index (χ0) is 10.8. The van der Waals surface area contributed by atoms with Gasteiger partial charge in [0.2, 0.25) is 0 Å². The van der Waals surface area contributed by atoms with Gasteiger partial charge in [0.05, 0.1) is 0 Å². The zero-order valence-corrected chi connectivity index (χ0v) is 9.20. The Balaban J connectivity index is 2.08. The standard InChI is InChI=1S/C10H12N2O2S/c1-6-4-5-11-10(12-6)15-8(9(13)14)7-2-3-7/h4-5,7-8H,2-3H2,1H3,(H,13,14). The molecular weight excluding hydrogens is 212 g/mol. The molecule has 1 aliphatic rings. The Morgan fingerprint density at radius 1 is 1.67 bits per heavy atom. The molecule has 1 unspecified atom stereocenters. The van der Waals surface area contributed by atoms with Gasteiger partial charge >= 0.3 is 5.97 Å². The average Bonchev–Trinajstić information content (AvgIpc) is 2.97. The molecule has 0 aliphatic heterocycles. The highest BCUT2D eigenvalue weighted by molar-refractivity contribution is 8.00. The van der Waals surface area contributed by atoms with Crippen LogP contribution in [-0.2, 0) is 4.79 Å². The van der Waals surface area contributed by atoms with Crippen LogP contribution in [0.1, 0.15) is 18.5 Å². The molecule has 1 fully saturated rings. The van der Waals surface area contributed by atoms with E-state index in [0.29, 0.717) is 11.1 Å². The second-order valence-corrected chi connectivity index (χ2v) is 4.80. The first kappa shape index (κ1) is 10.4. The highest BCUT2D eigenvalue weighted by atomic mass is 32.2. The highest BCUT2D eigenvalue weighted by Gasteiger charge is 2.37. The molecule has 0 radical (unpaired) electrons. The van der Waals surface area contributed by atoms with Crippen molar-refractivity contribution < 1.29 is 9.90 Å². The number of carbonyl (C=O) groups is 1. The van der Waals surface area contributed by atoms with Crippen molar-refractivity contribution in [1.29, 1.82) is 0 Å². The number of thioether (sulfide) groups is 1. The van der Waals surface area contributed by atoms with Crippen molar-refractivity contribution in [2.45, 2.75) is 30.2 Å². The fourth-order valence-corrected chi connectivity index (χ4v) is 2.45. The summed E-state index contributed by atoms with van der Waals surface area (Å²) in [4.78, 5) is 19.2. The molecule has 5 heteroatoms. The van der Waals surface area contributed by atoms with E-state index in [0.717, 1.165) is 18.5 Å². The number of hydrogen-bond acceptors (Lipinski definition) is 4. The van der Waals surface area contributed by atoms with Gasteiger partial charge < -0.3 is 5.11 Å². The SMILES string of the molecule is Cc1ccnc(SC(C(=O)O)C2CC2)n1. The number of rotatable bonds is 4. The molecule has 0 aromatic carbocycles. The topological polar surface area (TPSA) is 63.1 Å². The molecule has 1 saturated carbocycles. The maximum absolute atomic E-state index is 11.0. The maximum Gasteiger partial charge on any atom is 0.317 e. The lowest BCUT2D eigenvalue weighted by atomic mass is 10.3. The van der Waals surface area contributed by atoms with E-state index in [1.54, 1.807) is 12.3 Å². The lowest BCUT2D eigenvalue weighted by Gasteiger charge is -2.08. The third-order valence-corrected chi connectivity index (χ3v) is 3.55. The first-order valence-electron chi connectivity index (χ1n) is 4.86. The van der Waals surface area contributed by atoms with Crippen LogP contribution in [0.25, 0.3) is 0 Å². The molecule has 15 heavy (non-hydrogen) atoms. The van der Waals surface area contributed by atoms with E-state index in [2.05, 4.69) is 9.97 Å². The van der Waals surface area contributed by atoms with E-state index < -0.39 is 5.97 Å². The average molecular weight is 224 g/mol. The third-order valence-electron chi connectivity index (χ3n) is 2.30. The molecule has 0 bridgehead atoms. The van der Waals surface area contributed by atoms with E-state index in [1.807, 2.05) is 6.92 Å². The smallest absolute Gasteiger partial charge is 0.317 e. The molecule has 0 amide bonds. The fraction of sp³-hybridized carbons (Fsp3) is 0.500. The van der Waals surface area contributed by atoms with Crippen LogP contribution in [0.2, 0.25) is 0 Å². The van der Waals surface area contributed by atoms with Gasteiger partial charge in [-0.25, -0.2) is 9.97 Å². The van der Waals surface area contributed by atoms with Crippen molar-refractivity contribution in [3.05, 3.63) is 18.0 Å². The minimum atomic E-state index is -0.757. The van der Waals surface area contributed by atoms with Crippen LogP contribution >= 0.6 is 11.8 Å². The summed E-state index contributed by atoms with van der Waals surface area (Å²) in [5.41, 5.74) is 0.868. The Bertz CT molecular complexity index is 379. The van der Waals surface area contributed by atoms with Crippen molar-refractivity contribution in [3.63, 3.8) is 0 Å². The highest BCUT2D eigenvalue weighted by Crippen LogP contribution is 2.40. The third kappa shape index (κ3) is 2.68. The monoisotopic (exact) mass is 224 g/mol.